The van der Waals surface area contributed by atoms with Gasteiger partial charge in [0.05, 0.1) is 11.0 Å². The zero-order valence-electron chi connectivity index (χ0n) is 14.0. The number of nitrogens with zero attached hydrogens (tertiary/aromatic N) is 2. The molecular formula is C19H30N2. The first-order valence-corrected chi connectivity index (χ1v) is 8.64. The lowest BCUT2D eigenvalue weighted by Gasteiger charge is -2.03. The number of fused-ring (bicyclic) bond motifs is 1. The Morgan fingerprint density at radius 1 is 0.952 bits per heavy atom. The van der Waals surface area contributed by atoms with E-state index in [9.17, 15) is 0 Å². The molecule has 2 rings (SSSR count). The monoisotopic (exact) mass is 286 g/mol. The molecule has 21 heavy (non-hydrogen) atoms. The van der Waals surface area contributed by atoms with Crippen molar-refractivity contribution in [2.24, 2.45) is 7.05 Å². The predicted molar refractivity (Wildman–Crippen MR) is 91.8 cm³/mol. The topological polar surface area (TPSA) is 17.8 Å². The Bertz CT molecular complexity index is 554. The maximum atomic E-state index is 4.62. The largest absolute Gasteiger partial charge is 0.331 e. The van der Waals surface area contributed by atoms with Gasteiger partial charge in [0.15, 0.2) is 0 Å². The summed E-state index contributed by atoms with van der Waals surface area (Å²) in [6.07, 6.45) is 12.3. The van der Waals surface area contributed by atoms with Crippen molar-refractivity contribution in [3.05, 3.63) is 29.6 Å². The molecule has 0 amide bonds. The number of imidazole rings is 1. The molecule has 0 saturated carbocycles. The summed E-state index contributed by atoms with van der Waals surface area (Å²) in [5, 5.41) is 0. The highest BCUT2D eigenvalue weighted by Crippen LogP contribution is 2.18. The number of aryl methyl sites for hydroxylation is 3. The Kier molecular flexibility index (Phi) is 6.28. The van der Waals surface area contributed by atoms with E-state index in [1.54, 1.807) is 0 Å². The molecule has 0 saturated heterocycles. The van der Waals surface area contributed by atoms with Crippen LogP contribution < -0.4 is 0 Å². The molecule has 0 radical (unpaired) electrons. The van der Waals surface area contributed by atoms with Gasteiger partial charge < -0.3 is 4.57 Å². The predicted octanol–water partition coefficient (Wildman–Crippen LogP) is 5.56. The highest BCUT2D eigenvalue weighted by Gasteiger charge is 2.04. The molecule has 1 aromatic carbocycles. The van der Waals surface area contributed by atoms with E-state index in [0.29, 0.717) is 0 Å². The first-order valence-electron chi connectivity index (χ1n) is 8.64. The molecule has 0 N–H and O–H groups in total. The quantitative estimate of drug-likeness (QED) is 0.551. The van der Waals surface area contributed by atoms with Crippen molar-refractivity contribution >= 4 is 11.0 Å². The van der Waals surface area contributed by atoms with Gasteiger partial charge in [-0.2, -0.15) is 0 Å². The highest BCUT2D eigenvalue weighted by molar-refractivity contribution is 5.76. The minimum Gasteiger partial charge on any atom is -0.331 e. The van der Waals surface area contributed by atoms with Crippen LogP contribution in [0.1, 0.15) is 69.7 Å². The van der Waals surface area contributed by atoms with Gasteiger partial charge in [-0.15, -0.1) is 0 Å². The van der Waals surface area contributed by atoms with Gasteiger partial charge >= 0.3 is 0 Å². The van der Waals surface area contributed by atoms with E-state index in [0.717, 1.165) is 11.3 Å². The fourth-order valence-electron chi connectivity index (χ4n) is 2.98. The molecular weight excluding hydrogens is 256 g/mol. The van der Waals surface area contributed by atoms with Crippen LogP contribution in [-0.4, -0.2) is 9.55 Å². The van der Waals surface area contributed by atoms with Gasteiger partial charge in [-0.05, 0) is 37.5 Å². The number of rotatable bonds is 9. The number of aromatic nitrogens is 2. The standard InChI is InChI=1S/C19H30N2/c1-4-5-6-7-8-9-10-11-12-17-13-14-19-18(15-17)20-16(2)21(19)3/h13-15H,4-12H2,1-3H3. The van der Waals surface area contributed by atoms with Crippen LogP contribution in [0.15, 0.2) is 18.2 Å². The third-order valence-electron chi connectivity index (χ3n) is 4.49. The summed E-state index contributed by atoms with van der Waals surface area (Å²) in [6.45, 7) is 4.35. The molecule has 0 spiro atoms. The second-order valence-electron chi connectivity index (χ2n) is 6.27. The molecule has 2 aromatic rings. The van der Waals surface area contributed by atoms with Gasteiger partial charge in [-0.1, -0.05) is 57.9 Å². The molecule has 0 fully saturated rings. The third kappa shape index (κ3) is 4.59. The number of hydrogen-bond donors (Lipinski definition) is 0. The number of unbranched alkanes of at least 4 members (excludes halogenated alkanes) is 7. The lowest BCUT2D eigenvalue weighted by molar-refractivity contribution is 0.575. The molecule has 0 bridgehead atoms. The summed E-state index contributed by atoms with van der Waals surface area (Å²) >= 11 is 0. The minimum absolute atomic E-state index is 1.09. The van der Waals surface area contributed by atoms with E-state index in [1.165, 1.54) is 68.9 Å². The zero-order valence-corrected chi connectivity index (χ0v) is 14.0. The highest BCUT2D eigenvalue weighted by atomic mass is 15.0. The number of hydrogen-bond acceptors (Lipinski definition) is 1. The molecule has 0 aliphatic carbocycles. The smallest absolute Gasteiger partial charge is 0.106 e. The van der Waals surface area contributed by atoms with E-state index in [1.807, 2.05) is 0 Å². The van der Waals surface area contributed by atoms with Gasteiger partial charge in [0, 0.05) is 7.05 Å². The van der Waals surface area contributed by atoms with Crippen LogP contribution in [0, 0.1) is 6.92 Å². The van der Waals surface area contributed by atoms with Crippen molar-refractivity contribution < 1.29 is 0 Å². The van der Waals surface area contributed by atoms with Crippen molar-refractivity contribution in [1.82, 2.24) is 9.55 Å². The normalized spacial score (nSPS) is 11.4. The third-order valence-corrected chi connectivity index (χ3v) is 4.49. The average molecular weight is 286 g/mol. The van der Waals surface area contributed by atoms with Crippen LogP contribution >= 0.6 is 0 Å². The Balaban J connectivity index is 1.71. The molecule has 0 aliphatic heterocycles. The average Bonchev–Trinajstić information content (AvgIpc) is 2.76. The molecule has 1 heterocycles. The van der Waals surface area contributed by atoms with Gasteiger partial charge in [-0.3, -0.25) is 0 Å². The van der Waals surface area contributed by atoms with E-state index in [4.69, 9.17) is 0 Å². The summed E-state index contributed by atoms with van der Waals surface area (Å²) in [5.41, 5.74) is 3.82. The van der Waals surface area contributed by atoms with Crippen LogP contribution in [0.5, 0.6) is 0 Å². The summed E-state index contributed by atoms with van der Waals surface area (Å²) in [7, 11) is 2.09. The summed E-state index contributed by atoms with van der Waals surface area (Å²) in [6, 6.07) is 6.75. The maximum absolute atomic E-state index is 4.62. The Morgan fingerprint density at radius 2 is 1.62 bits per heavy atom. The fraction of sp³-hybridized carbons (Fsp3) is 0.632. The minimum atomic E-state index is 1.09. The Morgan fingerprint density at radius 3 is 2.33 bits per heavy atom. The zero-order chi connectivity index (χ0) is 15.1. The second-order valence-corrected chi connectivity index (χ2v) is 6.27. The van der Waals surface area contributed by atoms with E-state index < -0.39 is 0 Å². The van der Waals surface area contributed by atoms with Gasteiger partial charge in [0.2, 0.25) is 0 Å². The van der Waals surface area contributed by atoms with Crippen molar-refractivity contribution in [3.63, 3.8) is 0 Å². The van der Waals surface area contributed by atoms with E-state index in [-0.39, 0.29) is 0 Å². The van der Waals surface area contributed by atoms with E-state index >= 15 is 0 Å². The first kappa shape index (κ1) is 16.1. The van der Waals surface area contributed by atoms with Crippen molar-refractivity contribution in [3.8, 4) is 0 Å². The van der Waals surface area contributed by atoms with Crippen molar-refractivity contribution in [2.45, 2.75) is 71.6 Å². The van der Waals surface area contributed by atoms with Gasteiger partial charge in [0.25, 0.3) is 0 Å². The molecule has 0 unspecified atom stereocenters. The van der Waals surface area contributed by atoms with E-state index in [2.05, 4.69) is 48.6 Å². The van der Waals surface area contributed by atoms with Crippen molar-refractivity contribution in [2.75, 3.05) is 0 Å². The first-order chi connectivity index (χ1) is 10.2. The van der Waals surface area contributed by atoms with Crippen LogP contribution in [0.2, 0.25) is 0 Å². The van der Waals surface area contributed by atoms with Gasteiger partial charge in [-0.25, -0.2) is 4.98 Å². The Hall–Kier alpha value is -1.31. The van der Waals surface area contributed by atoms with Crippen LogP contribution in [0.3, 0.4) is 0 Å². The SMILES string of the molecule is CCCCCCCCCCc1ccc2c(c1)nc(C)n2C. The van der Waals surface area contributed by atoms with Gasteiger partial charge in [0.1, 0.15) is 5.82 Å². The second kappa shape index (κ2) is 8.21. The summed E-state index contributed by atoms with van der Waals surface area (Å²) in [5.74, 6) is 1.09. The summed E-state index contributed by atoms with van der Waals surface area (Å²) in [4.78, 5) is 4.62. The maximum Gasteiger partial charge on any atom is 0.106 e. The molecule has 0 atom stereocenters. The molecule has 0 aliphatic rings. The molecule has 2 nitrogen and oxygen atoms in total. The van der Waals surface area contributed by atoms with Crippen LogP contribution in [0.25, 0.3) is 11.0 Å². The van der Waals surface area contributed by atoms with Crippen LogP contribution in [0.4, 0.5) is 0 Å². The number of benzene rings is 1. The van der Waals surface area contributed by atoms with Crippen LogP contribution in [-0.2, 0) is 13.5 Å². The molecule has 1 aromatic heterocycles. The Labute approximate surface area is 129 Å². The lowest BCUT2D eigenvalue weighted by Crippen LogP contribution is -1.90. The molecule has 116 valence electrons. The fourth-order valence-corrected chi connectivity index (χ4v) is 2.98. The lowest BCUT2D eigenvalue weighted by atomic mass is 10.0. The summed E-state index contributed by atoms with van der Waals surface area (Å²) < 4.78 is 2.16. The molecule has 2 heteroatoms. The van der Waals surface area contributed by atoms with Crippen molar-refractivity contribution in [1.29, 1.82) is 0 Å².